The fraction of sp³-hybridized carbons (Fsp3) is 0.118. The van der Waals surface area contributed by atoms with Gasteiger partial charge in [-0.3, -0.25) is 14.7 Å². The van der Waals surface area contributed by atoms with Gasteiger partial charge in [0.2, 0.25) is 5.91 Å². The molecule has 5 nitrogen and oxygen atoms in total. The van der Waals surface area contributed by atoms with Crippen LogP contribution >= 0.6 is 34.5 Å². The Morgan fingerprint density at radius 3 is 2.68 bits per heavy atom. The van der Waals surface area contributed by atoms with Crippen LogP contribution in [0.25, 0.3) is 11.3 Å². The van der Waals surface area contributed by atoms with Crippen LogP contribution in [0.4, 0.5) is 5.82 Å². The quantitative estimate of drug-likeness (QED) is 0.632. The van der Waals surface area contributed by atoms with Crippen LogP contribution in [0.2, 0.25) is 8.67 Å². The number of hydrogen-bond donors (Lipinski definition) is 2. The van der Waals surface area contributed by atoms with Crippen LogP contribution in [0.1, 0.15) is 28.3 Å². The number of Topliss-reactive ketones (excluding diaryl/α,β-unsaturated/α-hetero) is 1. The van der Waals surface area contributed by atoms with Crippen LogP contribution in [0.15, 0.2) is 36.4 Å². The van der Waals surface area contributed by atoms with Crippen molar-refractivity contribution in [3.8, 4) is 11.3 Å². The van der Waals surface area contributed by atoms with Crippen molar-refractivity contribution >= 4 is 52.0 Å². The highest BCUT2D eigenvalue weighted by Crippen LogP contribution is 2.42. The van der Waals surface area contributed by atoms with E-state index < -0.39 is 5.92 Å². The Labute approximate surface area is 157 Å². The van der Waals surface area contributed by atoms with Gasteiger partial charge in [-0.15, -0.1) is 11.3 Å². The zero-order chi connectivity index (χ0) is 17.6. The van der Waals surface area contributed by atoms with E-state index >= 15 is 0 Å². The normalized spacial score (nSPS) is 16.4. The zero-order valence-electron chi connectivity index (χ0n) is 12.7. The standard InChI is InChI=1S/C17H11Cl2N3O2S/c18-11-6-10(16(19)25-11)15(24)9-7-12(23)20-17-13(9)14(21-22-17)8-4-2-1-3-5-8/h1-6,9H,7H2,(H2,20,21,22,23). The molecule has 3 aromatic rings. The van der Waals surface area contributed by atoms with Crippen LogP contribution in [0.5, 0.6) is 0 Å². The van der Waals surface area contributed by atoms with Crippen molar-refractivity contribution in [3.63, 3.8) is 0 Å². The Bertz CT molecular complexity index is 981. The van der Waals surface area contributed by atoms with Crippen LogP contribution in [-0.2, 0) is 4.79 Å². The average Bonchev–Trinajstić information content (AvgIpc) is 3.17. The average molecular weight is 392 g/mol. The number of hydrogen-bond acceptors (Lipinski definition) is 4. The van der Waals surface area contributed by atoms with Crippen molar-refractivity contribution in [2.24, 2.45) is 0 Å². The molecule has 1 atom stereocenters. The number of thiophene rings is 1. The van der Waals surface area contributed by atoms with Gasteiger partial charge in [0.05, 0.1) is 15.9 Å². The molecule has 0 spiro atoms. The first-order valence-corrected chi connectivity index (χ1v) is 9.04. The summed E-state index contributed by atoms with van der Waals surface area (Å²) in [5, 5.41) is 9.82. The Balaban J connectivity index is 1.84. The number of carbonyl (C=O) groups is 2. The number of fused-ring (bicyclic) bond motifs is 1. The number of rotatable bonds is 3. The molecule has 2 aromatic heterocycles. The van der Waals surface area contributed by atoms with Gasteiger partial charge in [0.25, 0.3) is 0 Å². The summed E-state index contributed by atoms with van der Waals surface area (Å²) in [5.41, 5.74) is 2.61. The van der Waals surface area contributed by atoms with Gasteiger partial charge < -0.3 is 5.32 Å². The van der Waals surface area contributed by atoms with E-state index in [2.05, 4.69) is 15.5 Å². The van der Waals surface area contributed by atoms with Gasteiger partial charge in [0, 0.05) is 17.5 Å². The molecule has 0 radical (unpaired) electrons. The van der Waals surface area contributed by atoms with Crippen LogP contribution in [0, 0.1) is 0 Å². The molecule has 8 heteroatoms. The first-order valence-electron chi connectivity index (χ1n) is 7.47. The van der Waals surface area contributed by atoms with E-state index in [1.54, 1.807) is 6.07 Å². The summed E-state index contributed by atoms with van der Waals surface area (Å²) < 4.78 is 0.761. The molecular formula is C17H11Cl2N3O2S. The molecule has 126 valence electrons. The van der Waals surface area contributed by atoms with E-state index in [0.717, 1.165) is 16.9 Å². The molecule has 1 aliphatic rings. The predicted molar refractivity (Wildman–Crippen MR) is 98.7 cm³/mol. The molecule has 0 bridgehead atoms. The number of benzene rings is 1. The summed E-state index contributed by atoms with van der Waals surface area (Å²) in [6.07, 6.45) is 0.0367. The van der Waals surface area contributed by atoms with Crippen molar-refractivity contribution in [2.75, 3.05) is 5.32 Å². The molecule has 3 heterocycles. The maximum Gasteiger partial charge on any atom is 0.226 e. The highest BCUT2D eigenvalue weighted by atomic mass is 35.5. The van der Waals surface area contributed by atoms with E-state index in [0.29, 0.717) is 31.3 Å². The number of H-pyrrole nitrogens is 1. The molecule has 2 N–H and O–H groups in total. The smallest absolute Gasteiger partial charge is 0.226 e. The first-order chi connectivity index (χ1) is 12.0. The third-order valence-electron chi connectivity index (χ3n) is 4.10. The minimum absolute atomic E-state index is 0.0367. The monoisotopic (exact) mass is 391 g/mol. The number of halogens is 2. The van der Waals surface area contributed by atoms with E-state index in [9.17, 15) is 9.59 Å². The minimum Gasteiger partial charge on any atom is -0.309 e. The summed E-state index contributed by atoms with van der Waals surface area (Å²) in [5.74, 6) is -0.774. The maximum absolute atomic E-state index is 13.1. The number of anilines is 1. The van der Waals surface area contributed by atoms with Gasteiger partial charge in [-0.1, -0.05) is 53.5 Å². The van der Waals surface area contributed by atoms with Crippen molar-refractivity contribution in [1.29, 1.82) is 0 Å². The lowest BCUT2D eigenvalue weighted by molar-refractivity contribution is -0.116. The van der Waals surface area contributed by atoms with Crippen LogP contribution in [-0.4, -0.2) is 21.9 Å². The van der Waals surface area contributed by atoms with Gasteiger partial charge in [0.1, 0.15) is 4.34 Å². The third kappa shape index (κ3) is 2.86. The molecule has 0 fully saturated rings. The van der Waals surface area contributed by atoms with E-state index in [4.69, 9.17) is 23.2 Å². The lowest BCUT2D eigenvalue weighted by atomic mass is 9.85. The Morgan fingerprint density at radius 2 is 2.00 bits per heavy atom. The van der Waals surface area contributed by atoms with Gasteiger partial charge in [0.15, 0.2) is 11.6 Å². The van der Waals surface area contributed by atoms with Crippen LogP contribution < -0.4 is 5.32 Å². The molecule has 25 heavy (non-hydrogen) atoms. The number of aromatic amines is 1. The molecule has 1 unspecified atom stereocenters. The van der Waals surface area contributed by atoms with Crippen molar-refractivity contribution in [2.45, 2.75) is 12.3 Å². The van der Waals surface area contributed by atoms with E-state index in [-0.39, 0.29) is 18.1 Å². The molecule has 4 rings (SSSR count). The van der Waals surface area contributed by atoms with Crippen molar-refractivity contribution in [3.05, 3.63) is 56.2 Å². The molecule has 0 aliphatic carbocycles. The molecular weight excluding hydrogens is 381 g/mol. The third-order valence-corrected chi connectivity index (χ3v) is 5.59. The summed E-state index contributed by atoms with van der Waals surface area (Å²) >= 11 is 13.2. The lowest BCUT2D eigenvalue weighted by Gasteiger charge is -2.22. The summed E-state index contributed by atoms with van der Waals surface area (Å²) in [6.45, 7) is 0. The summed E-state index contributed by atoms with van der Waals surface area (Å²) in [6, 6.07) is 11.1. The SMILES string of the molecule is O=C1CC(C(=O)c2cc(Cl)sc2Cl)c2c(n[nH]c2-c2ccccc2)N1. The van der Waals surface area contributed by atoms with Crippen molar-refractivity contribution < 1.29 is 9.59 Å². The minimum atomic E-state index is -0.666. The highest BCUT2D eigenvalue weighted by molar-refractivity contribution is 7.20. The summed E-state index contributed by atoms with van der Waals surface area (Å²) in [7, 11) is 0. The molecule has 0 saturated heterocycles. The van der Waals surface area contributed by atoms with Gasteiger partial charge >= 0.3 is 0 Å². The number of nitrogens with zero attached hydrogens (tertiary/aromatic N) is 1. The molecule has 0 saturated carbocycles. The second-order valence-electron chi connectivity index (χ2n) is 5.63. The first kappa shape index (κ1) is 16.3. The second-order valence-corrected chi connectivity index (χ2v) is 7.92. The predicted octanol–water partition coefficient (Wildman–Crippen LogP) is 4.75. The Hall–Kier alpha value is -2.15. The lowest BCUT2D eigenvalue weighted by Crippen LogP contribution is -2.27. The molecule has 1 amide bonds. The largest absolute Gasteiger partial charge is 0.309 e. The fourth-order valence-electron chi connectivity index (χ4n) is 3.00. The number of amides is 1. The Morgan fingerprint density at radius 1 is 1.24 bits per heavy atom. The molecule has 1 aliphatic heterocycles. The van der Waals surface area contributed by atoms with Gasteiger partial charge in [-0.05, 0) is 11.6 Å². The topological polar surface area (TPSA) is 74.8 Å². The number of nitrogens with one attached hydrogen (secondary N) is 2. The van der Waals surface area contributed by atoms with Gasteiger partial charge in [-0.25, -0.2) is 0 Å². The fourth-order valence-corrected chi connectivity index (χ4v) is 4.47. The zero-order valence-corrected chi connectivity index (χ0v) is 15.0. The number of carbonyl (C=O) groups excluding carboxylic acids is 2. The van der Waals surface area contributed by atoms with E-state index in [1.807, 2.05) is 30.3 Å². The summed E-state index contributed by atoms with van der Waals surface area (Å²) in [4.78, 5) is 25.1. The van der Waals surface area contributed by atoms with Gasteiger partial charge in [-0.2, -0.15) is 5.10 Å². The number of ketones is 1. The Kier molecular flexibility index (Phi) is 4.11. The molecule has 1 aromatic carbocycles. The number of aromatic nitrogens is 2. The second kappa shape index (κ2) is 6.29. The maximum atomic E-state index is 13.1. The van der Waals surface area contributed by atoms with E-state index in [1.165, 1.54) is 0 Å². The highest BCUT2D eigenvalue weighted by Gasteiger charge is 2.37. The van der Waals surface area contributed by atoms with Crippen molar-refractivity contribution in [1.82, 2.24) is 10.2 Å². The van der Waals surface area contributed by atoms with Crippen LogP contribution in [0.3, 0.4) is 0 Å².